The summed E-state index contributed by atoms with van der Waals surface area (Å²) in [5, 5.41) is 3.09. The minimum Gasteiger partial charge on any atom is -0.493 e. The fourth-order valence-electron chi connectivity index (χ4n) is 2.60. The molecule has 1 aromatic carbocycles. The molecule has 3 rings (SSSR count). The summed E-state index contributed by atoms with van der Waals surface area (Å²) in [5.41, 5.74) is 2.10. The van der Waals surface area contributed by atoms with Crippen molar-refractivity contribution < 1.29 is 9.47 Å². The number of thiocarbonyl (C=S) groups is 1. The first-order chi connectivity index (χ1) is 11.7. The second-order valence-corrected chi connectivity index (χ2v) is 7.93. The van der Waals surface area contributed by atoms with E-state index in [9.17, 15) is 0 Å². The first kappa shape index (κ1) is 17.5. The molecular weight excluding hydrogens is 360 g/mol. The molecule has 2 aromatic rings. The third-order valence-corrected chi connectivity index (χ3v) is 6.39. The second-order valence-electron chi connectivity index (χ2n) is 5.46. The van der Waals surface area contributed by atoms with Gasteiger partial charge in [0.1, 0.15) is 9.33 Å². The predicted octanol–water partition coefficient (Wildman–Crippen LogP) is 4.44. The minimum absolute atomic E-state index is 0.719. The summed E-state index contributed by atoms with van der Waals surface area (Å²) in [7, 11) is 3.28. The molecule has 0 amide bonds. The molecule has 1 aliphatic heterocycles. The van der Waals surface area contributed by atoms with Crippen molar-refractivity contribution in [2.24, 2.45) is 0 Å². The number of thiazole rings is 1. The van der Waals surface area contributed by atoms with Crippen molar-refractivity contribution in [1.82, 2.24) is 9.88 Å². The number of ether oxygens (including phenoxy) is 2. The summed E-state index contributed by atoms with van der Waals surface area (Å²) in [6.07, 6.45) is 2.50. The van der Waals surface area contributed by atoms with Crippen LogP contribution in [-0.2, 0) is 5.75 Å². The molecule has 0 atom stereocenters. The molecule has 1 saturated heterocycles. The zero-order valence-corrected chi connectivity index (χ0v) is 16.2. The fraction of sp³-hybridized carbons (Fsp3) is 0.412. The molecule has 0 spiro atoms. The van der Waals surface area contributed by atoms with E-state index < -0.39 is 0 Å². The summed E-state index contributed by atoms with van der Waals surface area (Å²) in [4.78, 5) is 7.03. The highest BCUT2D eigenvalue weighted by Crippen LogP contribution is 2.34. The lowest BCUT2D eigenvalue weighted by Gasteiger charge is -2.16. The highest BCUT2D eigenvalue weighted by molar-refractivity contribution is 8.22. The van der Waals surface area contributed by atoms with Crippen LogP contribution in [0.3, 0.4) is 0 Å². The number of aromatic nitrogens is 1. The molecule has 7 heteroatoms. The van der Waals surface area contributed by atoms with Gasteiger partial charge >= 0.3 is 0 Å². The molecule has 0 aliphatic carbocycles. The van der Waals surface area contributed by atoms with Gasteiger partial charge in [-0.2, -0.15) is 0 Å². The van der Waals surface area contributed by atoms with Gasteiger partial charge in [-0.05, 0) is 31.0 Å². The number of rotatable bonds is 5. The zero-order valence-electron chi connectivity index (χ0n) is 13.8. The van der Waals surface area contributed by atoms with Crippen molar-refractivity contribution in [3.63, 3.8) is 0 Å². The molecule has 128 valence electrons. The molecule has 0 unspecified atom stereocenters. The Balaban J connectivity index is 1.65. The lowest BCUT2D eigenvalue weighted by Crippen LogP contribution is -2.23. The van der Waals surface area contributed by atoms with Gasteiger partial charge in [0.15, 0.2) is 11.5 Å². The van der Waals surface area contributed by atoms with Crippen molar-refractivity contribution >= 4 is 39.6 Å². The van der Waals surface area contributed by atoms with Crippen LogP contribution in [0.15, 0.2) is 23.6 Å². The normalized spacial score (nSPS) is 14.0. The molecule has 1 aromatic heterocycles. The van der Waals surface area contributed by atoms with Gasteiger partial charge in [-0.15, -0.1) is 11.3 Å². The Bertz CT molecular complexity index is 712. The van der Waals surface area contributed by atoms with Crippen LogP contribution >= 0.6 is 35.3 Å². The van der Waals surface area contributed by atoms with Gasteiger partial charge in [0.05, 0.1) is 19.9 Å². The maximum absolute atomic E-state index is 5.51. The molecule has 0 radical (unpaired) electrons. The number of hydrogen-bond acceptors (Lipinski definition) is 6. The molecule has 24 heavy (non-hydrogen) atoms. The summed E-state index contributed by atoms with van der Waals surface area (Å²) in [6.45, 7) is 2.19. The quantitative estimate of drug-likeness (QED) is 0.714. The summed E-state index contributed by atoms with van der Waals surface area (Å²) in [6, 6.07) is 5.88. The topological polar surface area (TPSA) is 34.6 Å². The molecular formula is C17H20N2O2S3. The van der Waals surface area contributed by atoms with E-state index in [4.69, 9.17) is 26.7 Å². The van der Waals surface area contributed by atoms with Crippen LogP contribution in [0.5, 0.6) is 11.5 Å². The number of thioether (sulfide) groups is 1. The van der Waals surface area contributed by atoms with Crippen molar-refractivity contribution in [1.29, 1.82) is 0 Å². The largest absolute Gasteiger partial charge is 0.493 e. The molecule has 2 heterocycles. The fourth-order valence-corrected chi connectivity index (χ4v) is 4.67. The summed E-state index contributed by atoms with van der Waals surface area (Å²) >= 11 is 8.86. The van der Waals surface area contributed by atoms with Crippen molar-refractivity contribution in [2.75, 3.05) is 27.3 Å². The Kier molecular flexibility index (Phi) is 5.97. The van der Waals surface area contributed by atoms with Gasteiger partial charge in [0.25, 0.3) is 0 Å². The second kappa shape index (κ2) is 8.18. The maximum Gasteiger partial charge on any atom is 0.161 e. The number of methoxy groups -OCH3 is 2. The standard InChI is InChI=1S/C17H20N2O2S3/c1-20-14-6-5-12(9-15(14)21-2)16-18-13(10-23-16)11-24-17(22)19-7-3-4-8-19/h5-6,9-10H,3-4,7-8,11H2,1-2H3. The summed E-state index contributed by atoms with van der Waals surface area (Å²) < 4.78 is 11.6. The molecule has 1 aliphatic rings. The highest BCUT2D eigenvalue weighted by Gasteiger charge is 2.16. The molecule has 0 bridgehead atoms. The van der Waals surface area contributed by atoms with E-state index in [1.165, 1.54) is 12.8 Å². The average Bonchev–Trinajstić information content (AvgIpc) is 3.30. The van der Waals surface area contributed by atoms with Gasteiger partial charge in [0.2, 0.25) is 0 Å². The first-order valence-electron chi connectivity index (χ1n) is 7.80. The monoisotopic (exact) mass is 380 g/mol. The summed E-state index contributed by atoms with van der Waals surface area (Å²) in [5.74, 6) is 2.26. The van der Waals surface area contributed by atoms with Crippen LogP contribution in [0, 0.1) is 0 Å². The van der Waals surface area contributed by atoms with Gasteiger partial charge in [-0.3, -0.25) is 0 Å². The predicted molar refractivity (Wildman–Crippen MR) is 105 cm³/mol. The van der Waals surface area contributed by atoms with E-state index >= 15 is 0 Å². The Hall–Kier alpha value is -1.31. The van der Waals surface area contributed by atoms with Crippen LogP contribution in [0.2, 0.25) is 0 Å². The number of likely N-dealkylation sites (tertiary alicyclic amines) is 1. The van der Waals surface area contributed by atoms with Gasteiger partial charge in [0, 0.05) is 29.8 Å². The SMILES string of the molecule is COc1ccc(-c2nc(CSC(=S)N3CCCC3)cs2)cc1OC. The molecule has 1 fully saturated rings. The number of nitrogens with zero attached hydrogens (tertiary/aromatic N) is 2. The van der Waals surface area contributed by atoms with E-state index in [2.05, 4.69) is 10.3 Å². The van der Waals surface area contributed by atoms with Gasteiger partial charge in [-0.1, -0.05) is 24.0 Å². The zero-order chi connectivity index (χ0) is 16.9. The third kappa shape index (κ3) is 4.02. The minimum atomic E-state index is 0.719. The first-order valence-corrected chi connectivity index (χ1v) is 10.1. The van der Waals surface area contributed by atoms with E-state index in [0.29, 0.717) is 0 Å². The van der Waals surface area contributed by atoms with E-state index in [1.54, 1.807) is 37.3 Å². The lowest BCUT2D eigenvalue weighted by molar-refractivity contribution is 0.355. The Morgan fingerprint density at radius 2 is 2.00 bits per heavy atom. The van der Waals surface area contributed by atoms with E-state index in [0.717, 1.165) is 50.9 Å². The van der Waals surface area contributed by atoms with Gasteiger partial charge < -0.3 is 14.4 Å². The van der Waals surface area contributed by atoms with Crippen LogP contribution in [-0.4, -0.2) is 41.5 Å². The molecule has 0 N–H and O–H groups in total. The number of hydrogen-bond donors (Lipinski definition) is 0. The lowest BCUT2D eigenvalue weighted by atomic mass is 10.2. The maximum atomic E-state index is 5.51. The van der Waals surface area contributed by atoms with Crippen LogP contribution in [0.1, 0.15) is 18.5 Å². The van der Waals surface area contributed by atoms with Crippen molar-refractivity contribution in [3.8, 4) is 22.1 Å². The van der Waals surface area contributed by atoms with Crippen LogP contribution in [0.4, 0.5) is 0 Å². The number of benzene rings is 1. The Morgan fingerprint density at radius 1 is 1.25 bits per heavy atom. The molecule has 0 saturated carbocycles. The average molecular weight is 381 g/mol. The van der Waals surface area contributed by atoms with Crippen molar-refractivity contribution in [2.45, 2.75) is 18.6 Å². The highest BCUT2D eigenvalue weighted by atomic mass is 32.2. The van der Waals surface area contributed by atoms with Crippen molar-refractivity contribution in [3.05, 3.63) is 29.3 Å². The van der Waals surface area contributed by atoms with Crippen LogP contribution in [0.25, 0.3) is 10.6 Å². The van der Waals surface area contributed by atoms with Crippen LogP contribution < -0.4 is 9.47 Å². The van der Waals surface area contributed by atoms with Gasteiger partial charge in [-0.25, -0.2) is 4.98 Å². The smallest absolute Gasteiger partial charge is 0.161 e. The third-order valence-electron chi connectivity index (χ3n) is 3.89. The Labute approximate surface area is 156 Å². The Morgan fingerprint density at radius 3 is 2.71 bits per heavy atom. The molecule has 4 nitrogen and oxygen atoms in total. The van der Waals surface area contributed by atoms with E-state index in [-0.39, 0.29) is 0 Å². The van der Waals surface area contributed by atoms with E-state index in [1.807, 2.05) is 18.2 Å².